The zero-order chi connectivity index (χ0) is 10.8. The fraction of sp³-hybridized carbons (Fsp3) is 0.455. The van der Waals surface area contributed by atoms with Crippen molar-refractivity contribution in [2.45, 2.75) is 12.5 Å². The largest absolute Gasteiger partial charge is 0.396 e. The average molecular weight is 231 g/mol. The highest BCUT2D eigenvalue weighted by molar-refractivity contribution is 6.30. The maximum absolute atomic E-state index is 13.2. The summed E-state index contributed by atoms with van der Waals surface area (Å²) in [6.07, 6.45) is 0.604. The van der Waals surface area contributed by atoms with Crippen molar-refractivity contribution in [1.29, 1.82) is 0 Å². The van der Waals surface area contributed by atoms with Gasteiger partial charge < -0.3 is 9.84 Å². The highest BCUT2D eigenvalue weighted by Gasteiger charge is 2.29. The van der Waals surface area contributed by atoms with E-state index in [0.717, 1.165) is 12.0 Å². The van der Waals surface area contributed by atoms with Crippen LogP contribution in [0.3, 0.4) is 0 Å². The quantitative estimate of drug-likeness (QED) is 0.846. The van der Waals surface area contributed by atoms with E-state index in [9.17, 15) is 4.39 Å². The number of aliphatic hydroxyl groups excluding tert-OH is 1. The molecule has 1 saturated heterocycles. The SMILES string of the molecule is OCC1CCOC1c1ccc(Cl)c(F)c1. The Hall–Kier alpha value is -0.640. The van der Waals surface area contributed by atoms with Gasteiger partial charge in [-0.15, -0.1) is 0 Å². The minimum absolute atomic E-state index is 0.0607. The molecule has 1 aromatic carbocycles. The summed E-state index contributed by atoms with van der Waals surface area (Å²) in [6.45, 7) is 0.676. The first kappa shape index (κ1) is 10.9. The molecule has 1 aliphatic rings. The van der Waals surface area contributed by atoms with E-state index in [4.69, 9.17) is 21.4 Å². The first-order valence-corrected chi connectivity index (χ1v) is 5.27. The van der Waals surface area contributed by atoms with Gasteiger partial charge in [0, 0.05) is 19.1 Å². The van der Waals surface area contributed by atoms with Crippen molar-refractivity contribution in [3.05, 3.63) is 34.6 Å². The second kappa shape index (κ2) is 4.47. The van der Waals surface area contributed by atoms with Gasteiger partial charge in [0.2, 0.25) is 0 Å². The number of benzene rings is 1. The molecule has 1 fully saturated rings. The van der Waals surface area contributed by atoms with Crippen LogP contribution in [0.25, 0.3) is 0 Å². The van der Waals surface area contributed by atoms with Crippen LogP contribution in [-0.2, 0) is 4.74 Å². The molecule has 15 heavy (non-hydrogen) atoms. The van der Waals surface area contributed by atoms with Crippen molar-refractivity contribution in [3.63, 3.8) is 0 Å². The lowest BCUT2D eigenvalue weighted by atomic mass is 9.96. The first-order valence-electron chi connectivity index (χ1n) is 4.90. The second-order valence-corrected chi connectivity index (χ2v) is 4.10. The minimum Gasteiger partial charge on any atom is -0.396 e. The van der Waals surface area contributed by atoms with Crippen LogP contribution in [0.5, 0.6) is 0 Å². The molecule has 1 aromatic rings. The van der Waals surface area contributed by atoms with Crippen LogP contribution >= 0.6 is 11.6 Å². The highest BCUT2D eigenvalue weighted by Crippen LogP contribution is 2.35. The fourth-order valence-electron chi connectivity index (χ4n) is 1.88. The number of aliphatic hydroxyl groups is 1. The van der Waals surface area contributed by atoms with Gasteiger partial charge in [-0.2, -0.15) is 0 Å². The summed E-state index contributed by atoms with van der Waals surface area (Å²) < 4.78 is 18.7. The third kappa shape index (κ3) is 2.14. The van der Waals surface area contributed by atoms with E-state index >= 15 is 0 Å². The lowest BCUT2D eigenvalue weighted by Gasteiger charge is -2.16. The Kier molecular flexibility index (Phi) is 3.24. The van der Waals surface area contributed by atoms with Crippen LogP contribution in [0.15, 0.2) is 18.2 Å². The second-order valence-electron chi connectivity index (χ2n) is 3.70. The highest BCUT2D eigenvalue weighted by atomic mass is 35.5. The first-order chi connectivity index (χ1) is 7.22. The lowest BCUT2D eigenvalue weighted by molar-refractivity contribution is 0.0718. The Morgan fingerprint density at radius 1 is 1.53 bits per heavy atom. The molecule has 0 saturated carbocycles. The van der Waals surface area contributed by atoms with E-state index < -0.39 is 5.82 Å². The summed E-state index contributed by atoms with van der Waals surface area (Å²) >= 11 is 5.59. The molecule has 2 nitrogen and oxygen atoms in total. The van der Waals surface area contributed by atoms with E-state index in [1.807, 2.05) is 0 Å². The van der Waals surface area contributed by atoms with Gasteiger partial charge in [-0.3, -0.25) is 0 Å². The van der Waals surface area contributed by atoms with E-state index in [-0.39, 0.29) is 23.7 Å². The van der Waals surface area contributed by atoms with E-state index in [1.165, 1.54) is 12.1 Å². The molecule has 1 N–H and O–H groups in total. The predicted molar refractivity (Wildman–Crippen MR) is 55.3 cm³/mol. The zero-order valence-electron chi connectivity index (χ0n) is 8.12. The Morgan fingerprint density at radius 2 is 2.33 bits per heavy atom. The van der Waals surface area contributed by atoms with Crippen molar-refractivity contribution in [1.82, 2.24) is 0 Å². The third-order valence-electron chi connectivity index (χ3n) is 2.72. The summed E-state index contributed by atoms with van der Waals surface area (Å²) in [5.74, 6) is -0.382. The van der Waals surface area contributed by atoms with Crippen LogP contribution in [-0.4, -0.2) is 18.3 Å². The van der Waals surface area contributed by atoms with Gasteiger partial charge >= 0.3 is 0 Å². The zero-order valence-corrected chi connectivity index (χ0v) is 8.88. The van der Waals surface area contributed by atoms with Gasteiger partial charge in [-0.1, -0.05) is 17.7 Å². The van der Waals surface area contributed by atoms with Gasteiger partial charge in [0.1, 0.15) is 5.82 Å². The summed E-state index contributed by atoms with van der Waals surface area (Å²) in [7, 11) is 0. The molecule has 0 bridgehead atoms. The Balaban J connectivity index is 2.25. The summed E-state index contributed by atoms with van der Waals surface area (Å²) in [4.78, 5) is 0. The molecule has 2 unspecified atom stereocenters. The van der Waals surface area contributed by atoms with Gasteiger partial charge in [0.05, 0.1) is 11.1 Å². The van der Waals surface area contributed by atoms with E-state index in [1.54, 1.807) is 6.07 Å². The minimum atomic E-state index is -0.443. The molecule has 2 rings (SSSR count). The van der Waals surface area contributed by atoms with E-state index in [2.05, 4.69) is 0 Å². The van der Waals surface area contributed by atoms with Gasteiger partial charge in [0.25, 0.3) is 0 Å². The van der Waals surface area contributed by atoms with Gasteiger partial charge in [-0.25, -0.2) is 4.39 Å². The maximum Gasteiger partial charge on any atom is 0.142 e. The van der Waals surface area contributed by atoms with E-state index in [0.29, 0.717) is 6.61 Å². The molecule has 0 amide bonds. The van der Waals surface area contributed by atoms with Crippen LogP contribution in [0.4, 0.5) is 4.39 Å². The molecule has 0 radical (unpaired) electrons. The van der Waals surface area contributed by atoms with Crippen LogP contribution in [0, 0.1) is 11.7 Å². The summed E-state index contributed by atoms with van der Waals surface area (Å²) in [5, 5.41) is 9.23. The van der Waals surface area contributed by atoms with Crippen molar-refractivity contribution in [3.8, 4) is 0 Å². The molecule has 0 aromatic heterocycles. The lowest BCUT2D eigenvalue weighted by Crippen LogP contribution is -2.11. The van der Waals surface area contributed by atoms with Crippen molar-refractivity contribution >= 4 is 11.6 Å². The number of hydrogen-bond acceptors (Lipinski definition) is 2. The normalized spacial score (nSPS) is 25.8. The monoisotopic (exact) mass is 230 g/mol. The van der Waals surface area contributed by atoms with Crippen LogP contribution < -0.4 is 0 Å². The maximum atomic E-state index is 13.2. The molecule has 1 heterocycles. The number of halogens is 2. The molecule has 82 valence electrons. The smallest absolute Gasteiger partial charge is 0.142 e. The predicted octanol–water partition coefficient (Wildman–Crippen LogP) is 2.55. The molecule has 0 aliphatic carbocycles. The van der Waals surface area contributed by atoms with Gasteiger partial charge in [-0.05, 0) is 24.1 Å². The van der Waals surface area contributed by atoms with Crippen LogP contribution in [0.2, 0.25) is 5.02 Å². The number of rotatable bonds is 2. The Labute approximate surface area is 92.6 Å². The van der Waals surface area contributed by atoms with Crippen molar-refractivity contribution < 1.29 is 14.2 Å². The third-order valence-corrected chi connectivity index (χ3v) is 3.03. The standard InChI is InChI=1S/C11H12ClFO2/c12-9-2-1-7(5-10(9)13)11-8(6-14)3-4-15-11/h1-2,5,8,11,14H,3-4,6H2. The average Bonchev–Trinajstić information content (AvgIpc) is 2.70. The Bertz CT molecular complexity index is 356. The fourth-order valence-corrected chi connectivity index (χ4v) is 2.00. The summed E-state index contributed by atoms with van der Waals surface area (Å²) in [5.41, 5.74) is 0.744. The van der Waals surface area contributed by atoms with Gasteiger partial charge in [0.15, 0.2) is 0 Å². The molecule has 1 aliphatic heterocycles. The topological polar surface area (TPSA) is 29.5 Å². The van der Waals surface area contributed by atoms with Crippen molar-refractivity contribution in [2.24, 2.45) is 5.92 Å². The summed E-state index contributed by atoms with van der Waals surface area (Å²) in [6, 6.07) is 4.63. The molecule has 2 atom stereocenters. The van der Waals surface area contributed by atoms with Crippen LogP contribution in [0.1, 0.15) is 18.1 Å². The number of ether oxygens (including phenoxy) is 1. The molecule has 0 spiro atoms. The molecule has 4 heteroatoms. The number of hydrogen-bond donors (Lipinski definition) is 1. The molecular formula is C11H12ClFO2. The molecular weight excluding hydrogens is 219 g/mol. The Morgan fingerprint density at radius 3 is 3.00 bits per heavy atom. The van der Waals surface area contributed by atoms with Crippen molar-refractivity contribution in [2.75, 3.05) is 13.2 Å².